The molecule has 4 heteroatoms. The van der Waals surface area contributed by atoms with E-state index in [0.29, 0.717) is 5.92 Å². The average molecular weight is 345 g/mol. The molecular weight excluding hydrogens is 328 g/mol. The summed E-state index contributed by atoms with van der Waals surface area (Å²) in [6.45, 7) is 5.22. The van der Waals surface area contributed by atoms with Gasteiger partial charge in [0.15, 0.2) is 0 Å². The maximum atomic E-state index is 10.2. The van der Waals surface area contributed by atoms with E-state index in [1.165, 1.54) is 0 Å². The van der Waals surface area contributed by atoms with E-state index in [1.54, 1.807) is 6.07 Å². The fourth-order valence-corrected chi connectivity index (χ4v) is 2.88. The van der Waals surface area contributed by atoms with Crippen molar-refractivity contribution in [3.8, 4) is 17.1 Å². The molecule has 0 bridgehead atoms. The van der Waals surface area contributed by atoms with E-state index in [-0.39, 0.29) is 5.75 Å². The number of nitrogens with zero attached hydrogens (tertiary/aromatic N) is 2. The van der Waals surface area contributed by atoms with Gasteiger partial charge < -0.3 is 9.67 Å². The molecule has 0 radical (unpaired) electrons. The molecular formula is C17H17BrN2O. The highest BCUT2D eigenvalue weighted by molar-refractivity contribution is 9.10. The van der Waals surface area contributed by atoms with Crippen LogP contribution < -0.4 is 0 Å². The van der Waals surface area contributed by atoms with Gasteiger partial charge in [0.2, 0.25) is 0 Å². The van der Waals surface area contributed by atoms with Crippen molar-refractivity contribution < 1.29 is 5.11 Å². The van der Waals surface area contributed by atoms with Gasteiger partial charge in [-0.05, 0) is 36.2 Å². The van der Waals surface area contributed by atoms with Gasteiger partial charge in [-0.25, -0.2) is 4.98 Å². The Labute approximate surface area is 132 Å². The Morgan fingerprint density at radius 3 is 2.71 bits per heavy atom. The maximum Gasteiger partial charge on any atom is 0.144 e. The molecule has 2 aromatic carbocycles. The quantitative estimate of drug-likeness (QED) is 0.739. The van der Waals surface area contributed by atoms with Crippen molar-refractivity contribution in [1.82, 2.24) is 9.55 Å². The predicted molar refractivity (Wildman–Crippen MR) is 89.4 cm³/mol. The predicted octanol–water partition coefficient (Wildman–Crippen LogP) is 4.83. The minimum Gasteiger partial charge on any atom is -0.507 e. The van der Waals surface area contributed by atoms with Crippen LogP contribution in [0.5, 0.6) is 5.75 Å². The number of hydrogen-bond acceptors (Lipinski definition) is 2. The molecule has 3 rings (SSSR count). The number of phenolic OH excluding ortho intramolecular Hbond substituents is 1. The van der Waals surface area contributed by atoms with Crippen LogP contribution in [-0.2, 0) is 6.54 Å². The summed E-state index contributed by atoms with van der Waals surface area (Å²) in [4.78, 5) is 4.72. The molecule has 0 fully saturated rings. The number of halogens is 1. The Kier molecular flexibility index (Phi) is 3.72. The Morgan fingerprint density at radius 1 is 1.19 bits per heavy atom. The van der Waals surface area contributed by atoms with Crippen LogP contribution in [0, 0.1) is 5.92 Å². The molecule has 21 heavy (non-hydrogen) atoms. The van der Waals surface area contributed by atoms with Crippen molar-refractivity contribution in [2.45, 2.75) is 20.4 Å². The first-order chi connectivity index (χ1) is 10.1. The molecule has 1 N–H and O–H groups in total. The van der Waals surface area contributed by atoms with E-state index in [0.717, 1.165) is 33.4 Å². The van der Waals surface area contributed by atoms with E-state index in [2.05, 4.69) is 40.4 Å². The lowest BCUT2D eigenvalue weighted by molar-refractivity contribution is 0.475. The molecule has 0 aliphatic heterocycles. The molecule has 3 aromatic rings. The van der Waals surface area contributed by atoms with Gasteiger partial charge in [0.05, 0.1) is 16.6 Å². The summed E-state index contributed by atoms with van der Waals surface area (Å²) in [5.41, 5.74) is 2.80. The maximum absolute atomic E-state index is 10.2. The van der Waals surface area contributed by atoms with Crippen molar-refractivity contribution in [1.29, 1.82) is 0 Å². The van der Waals surface area contributed by atoms with Crippen molar-refractivity contribution in [2.24, 2.45) is 5.92 Å². The molecule has 108 valence electrons. The van der Waals surface area contributed by atoms with Crippen LogP contribution in [0.25, 0.3) is 22.4 Å². The van der Waals surface area contributed by atoms with Crippen molar-refractivity contribution in [3.63, 3.8) is 0 Å². The first-order valence-corrected chi connectivity index (χ1v) is 7.79. The zero-order valence-electron chi connectivity index (χ0n) is 12.0. The largest absolute Gasteiger partial charge is 0.507 e. The second-order valence-electron chi connectivity index (χ2n) is 5.59. The molecule has 0 saturated carbocycles. The summed E-state index contributed by atoms with van der Waals surface area (Å²) < 4.78 is 3.11. The number of aromatic hydroxyl groups is 1. The molecule has 0 amide bonds. The van der Waals surface area contributed by atoms with Gasteiger partial charge in [-0.1, -0.05) is 41.9 Å². The summed E-state index contributed by atoms with van der Waals surface area (Å²) in [5.74, 6) is 1.55. The molecule has 0 aliphatic rings. The number of hydrogen-bond donors (Lipinski definition) is 1. The smallest absolute Gasteiger partial charge is 0.144 e. The molecule has 1 aromatic heterocycles. The fraction of sp³-hybridized carbons (Fsp3) is 0.235. The van der Waals surface area contributed by atoms with Gasteiger partial charge in [0.1, 0.15) is 11.6 Å². The number of fused-ring (bicyclic) bond motifs is 1. The van der Waals surface area contributed by atoms with Crippen LogP contribution >= 0.6 is 15.9 Å². The van der Waals surface area contributed by atoms with Crippen molar-refractivity contribution >= 4 is 27.0 Å². The standard InChI is InChI=1S/C17H17BrN2O/c1-11(2)10-20-15-6-4-3-5-14(15)19-17(20)13-9-12(18)7-8-16(13)21/h3-9,11,21H,10H2,1-2H3. The van der Waals surface area contributed by atoms with Crippen LogP contribution in [0.2, 0.25) is 0 Å². The summed E-state index contributed by atoms with van der Waals surface area (Å²) in [5, 5.41) is 10.2. The van der Waals surface area contributed by atoms with Crippen LogP contribution in [0.3, 0.4) is 0 Å². The summed E-state index contributed by atoms with van der Waals surface area (Å²) in [6, 6.07) is 13.5. The van der Waals surface area contributed by atoms with E-state index in [9.17, 15) is 5.11 Å². The number of aromatic nitrogens is 2. The highest BCUT2D eigenvalue weighted by Crippen LogP contribution is 2.33. The minimum absolute atomic E-state index is 0.249. The molecule has 1 heterocycles. The Balaban J connectivity index is 2.28. The normalized spacial score (nSPS) is 11.4. The summed E-state index contributed by atoms with van der Waals surface area (Å²) in [7, 11) is 0. The number of imidazole rings is 1. The van der Waals surface area contributed by atoms with Crippen LogP contribution in [0.1, 0.15) is 13.8 Å². The molecule has 0 saturated heterocycles. The summed E-state index contributed by atoms with van der Waals surface area (Å²) in [6.07, 6.45) is 0. The lowest BCUT2D eigenvalue weighted by atomic mass is 10.1. The zero-order chi connectivity index (χ0) is 15.0. The third-order valence-electron chi connectivity index (χ3n) is 3.40. The Hall–Kier alpha value is -1.81. The molecule has 3 nitrogen and oxygen atoms in total. The molecule has 0 aliphatic carbocycles. The van der Waals surface area contributed by atoms with Gasteiger partial charge in [-0.2, -0.15) is 0 Å². The van der Waals surface area contributed by atoms with E-state index >= 15 is 0 Å². The van der Waals surface area contributed by atoms with Crippen molar-refractivity contribution in [2.75, 3.05) is 0 Å². The monoisotopic (exact) mass is 344 g/mol. The average Bonchev–Trinajstić information content (AvgIpc) is 2.80. The van der Waals surface area contributed by atoms with Gasteiger partial charge in [-0.15, -0.1) is 0 Å². The Morgan fingerprint density at radius 2 is 1.95 bits per heavy atom. The lowest BCUT2D eigenvalue weighted by Crippen LogP contribution is -2.06. The van der Waals surface area contributed by atoms with Crippen LogP contribution in [0.15, 0.2) is 46.9 Å². The minimum atomic E-state index is 0.249. The van der Waals surface area contributed by atoms with E-state index in [4.69, 9.17) is 4.98 Å². The topological polar surface area (TPSA) is 38.0 Å². The molecule has 0 atom stereocenters. The third kappa shape index (κ3) is 2.68. The highest BCUT2D eigenvalue weighted by atomic mass is 79.9. The van der Waals surface area contributed by atoms with Gasteiger partial charge in [0, 0.05) is 11.0 Å². The zero-order valence-corrected chi connectivity index (χ0v) is 13.6. The lowest BCUT2D eigenvalue weighted by Gasteiger charge is -2.13. The van der Waals surface area contributed by atoms with Gasteiger partial charge >= 0.3 is 0 Å². The molecule has 0 spiro atoms. The van der Waals surface area contributed by atoms with E-state index in [1.807, 2.05) is 30.3 Å². The first kappa shape index (κ1) is 14.1. The van der Waals surface area contributed by atoms with E-state index < -0.39 is 0 Å². The van der Waals surface area contributed by atoms with Gasteiger partial charge in [-0.3, -0.25) is 0 Å². The van der Waals surface area contributed by atoms with Crippen LogP contribution in [0.4, 0.5) is 0 Å². The SMILES string of the molecule is CC(C)Cn1c(-c2cc(Br)ccc2O)nc2ccccc21. The number of benzene rings is 2. The fourth-order valence-electron chi connectivity index (χ4n) is 2.52. The highest BCUT2D eigenvalue weighted by Gasteiger charge is 2.16. The van der Waals surface area contributed by atoms with Gasteiger partial charge in [0.25, 0.3) is 0 Å². The summed E-state index contributed by atoms with van der Waals surface area (Å²) >= 11 is 3.46. The number of rotatable bonds is 3. The van der Waals surface area contributed by atoms with Crippen LogP contribution in [-0.4, -0.2) is 14.7 Å². The number of phenols is 1. The van der Waals surface area contributed by atoms with Crippen molar-refractivity contribution in [3.05, 3.63) is 46.9 Å². The first-order valence-electron chi connectivity index (χ1n) is 7.00. The second kappa shape index (κ2) is 5.53. The Bertz CT molecular complexity index is 793. The molecule has 0 unspecified atom stereocenters. The number of para-hydroxylation sites is 2. The third-order valence-corrected chi connectivity index (χ3v) is 3.90. The second-order valence-corrected chi connectivity index (χ2v) is 6.51.